The molecule has 0 radical (unpaired) electrons. The Balaban J connectivity index is 1.91. The van der Waals surface area contributed by atoms with Crippen LogP contribution in [0.5, 0.6) is 0 Å². The Kier molecular flexibility index (Phi) is 8.55. The van der Waals surface area contributed by atoms with Gasteiger partial charge in [0.2, 0.25) is 5.91 Å². The van der Waals surface area contributed by atoms with Crippen molar-refractivity contribution in [3.8, 4) is 0 Å². The molecule has 0 aliphatic rings. The number of anilines is 2. The molecule has 0 bridgehead atoms. The normalized spacial score (nSPS) is 10.6. The van der Waals surface area contributed by atoms with Crippen molar-refractivity contribution in [1.29, 1.82) is 0 Å². The van der Waals surface area contributed by atoms with Gasteiger partial charge in [0.05, 0.1) is 0 Å². The van der Waals surface area contributed by atoms with Gasteiger partial charge in [0, 0.05) is 31.4 Å². The fourth-order valence-electron chi connectivity index (χ4n) is 3.01. The zero-order chi connectivity index (χ0) is 22.1. The number of hydrogen-bond donors (Lipinski definition) is 3. The predicted octanol–water partition coefficient (Wildman–Crippen LogP) is 3.05. The number of rotatable bonds is 8. The third-order valence-electron chi connectivity index (χ3n) is 4.88. The summed E-state index contributed by atoms with van der Waals surface area (Å²) in [7, 11) is 0. The van der Waals surface area contributed by atoms with Crippen LogP contribution in [-0.2, 0) is 27.5 Å². The minimum atomic E-state index is -0.753. The Hall–Kier alpha value is -3.19. The monoisotopic (exact) mass is 410 g/mol. The lowest BCUT2D eigenvalue weighted by molar-refractivity contribution is -0.136. The van der Waals surface area contributed by atoms with Gasteiger partial charge in [-0.1, -0.05) is 44.2 Å². The maximum Gasteiger partial charge on any atom is 0.313 e. The van der Waals surface area contributed by atoms with Crippen LogP contribution in [0.1, 0.15) is 37.5 Å². The first-order chi connectivity index (χ1) is 14.3. The molecular weight excluding hydrogens is 380 g/mol. The van der Waals surface area contributed by atoms with Gasteiger partial charge in [-0.3, -0.25) is 19.3 Å². The van der Waals surface area contributed by atoms with Gasteiger partial charge in [-0.05, 0) is 48.8 Å². The molecule has 0 saturated heterocycles. The third-order valence-corrected chi connectivity index (χ3v) is 4.88. The Morgan fingerprint density at radius 2 is 1.40 bits per heavy atom. The van der Waals surface area contributed by atoms with E-state index in [0.717, 1.165) is 25.2 Å². The van der Waals surface area contributed by atoms with Crippen molar-refractivity contribution in [2.24, 2.45) is 0 Å². The van der Waals surface area contributed by atoms with Crippen LogP contribution in [0.25, 0.3) is 0 Å². The molecule has 0 aliphatic heterocycles. The molecule has 2 aromatic rings. The van der Waals surface area contributed by atoms with Crippen LogP contribution in [0.15, 0.2) is 42.5 Å². The van der Waals surface area contributed by atoms with Crippen molar-refractivity contribution < 1.29 is 14.4 Å². The second-order valence-electron chi connectivity index (χ2n) is 7.07. The predicted molar refractivity (Wildman–Crippen MR) is 119 cm³/mol. The van der Waals surface area contributed by atoms with Crippen LogP contribution in [0.3, 0.4) is 0 Å². The molecular formula is C23H30N4O3. The highest BCUT2D eigenvalue weighted by molar-refractivity contribution is 6.39. The summed E-state index contributed by atoms with van der Waals surface area (Å²) in [5.74, 6) is -1.68. The zero-order valence-electron chi connectivity index (χ0n) is 18.0. The van der Waals surface area contributed by atoms with E-state index in [4.69, 9.17) is 0 Å². The van der Waals surface area contributed by atoms with Crippen molar-refractivity contribution in [1.82, 2.24) is 10.2 Å². The number of amides is 3. The molecule has 0 unspecified atom stereocenters. The molecule has 160 valence electrons. The average Bonchev–Trinajstić information content (AvgIpc) is 2.73. The molecule has 0 fully saturated rings. The van der Waals surface area contributed by atoms with Crippen molar-refractivity contribution in [2.45, 2.75) is 40.8 Å². The average molecular weight is 411 g/mol. The number of nitrogens with one attached hydrogen (secondary N) is 3. The van der Waals surface area contributed by atoms with Gasteiger partial charge >= 0.3 is 11.8 Å². The van der Waals surface area contributed by atoms with E-state index in [9.17, 15) is 14.4 Å². The molecule has 0 spiro atoms. The Morgan fingerprint density at radius 3 is 1.97 bits per heavy atom. The second-order valence-corrected chi connectivity index (χ2v) is 7.07. The van der Waals surface area contributed by atoms with E-state index >= 15 is 0 Å². The van der Waals surface area contributed by atoms with Crippen LogP contribution < -0.4 is 16.0 Å². The number of hydrogen-bond acceptors (Lipinski definition) is 4. The molecule has 30 heavy (non-hydrogen) atoms. The fourth-order valence-corrected chi connectivity index (χ4v) is 3.01. The summed E-state index contributed by atoms with van der Waals surface area (Å²) in [6, 6.07) is 13.1. The summed E-state index contributed by atoms with van der Waals surface area (Å²) in [5.41, 5.74) is 3.87. The van der Waals surface area contributed by atoms with E-state index < -0.39 is 11.8 Å². The van der Waals surface area contributed by atoms with Gasteiger partial charge in [0.15, 0.2) is 0 Å². The number of nitrogens with zero attached hydrogens (tertiary/aromatic N) is 1. The second kappa shape index (κ2) is 11.1. The molecule has 0 heterocycles. The first-order valence-corrected chi connectivity index (χ1v) is 10.1. The van der Waals surface area contributed by atoms with E-state index in [1.54, 1.807) is 25.1 Å². The van der Waals surface area contributed by atoms with Crippen molar-refractivity contribution in [2.75, 3.05) is 23.7 Å². The molecule has 0 aromatic heterocycles. The molecule has 7 nitrogen and oxygen atoms in total. The highest BCUT2D eigenvalue weighted by atomic mass is 16.2. The first kappa shape index (κ1) is 23.1. The van der Waals surface area contributed by atoms with Gasteiger partial charge < -0.3 is 16.0 Å². The molecule has 0 aliphatic carbocycles. The summed E-state index contributed by atoms with van der Waals surface area (Å²) in [6.07, 6.45) is 0. The van der Waals surface area contributed by atoms with Crippen molar-refractivity contribution in [3.63, 3.8) is 0 Å². The van der Waals surface area contributed by atoms with Gasteiger partial charge in [0.1, 0.15) is 0 Å². The lowest BCUT2D eigenvalue weighted by Gasteiger charge is -2.18. The van der Waals surface area contributed by atoms with Crippen molar-refractivity contribution >= 4 is 29.1 Å². The van der Waals surface area contributed by atoms with E-state index in [0.29, 0.717) is 16.9 Å². The van der Waals surface area contributed by atoms with E-state index in [2.05, 4.69) is 34.7 Å². The molecule has 3 amide bonds. The number of carbonyl (C=O) groups is 3. The summed E-state index contributed by atoms with van der Waals surface area (Å²) in [5, 5.41) is 7.92. The smallest absolute Gasteiger partial charge is 0.313 e. The Bertz CT molecular complexity index is 890. The quantitative estimate of drug-likeness (QED) is 0.584. The van der Waals surface area contributed by atoms with Crippen molar-refractivity contribution in [3.05, 3.63) is 59.2 Å². The van der Waals surface area contributed by atoms with E-state index in [-0.39, 0.29) is 12.5 Å². The third kappa shape index (κ3) is 6.70. The SMILES string of the molecule is CCN(CC)Cc1ccc(CNC(=O)C(=O)Nc2cccc(NC(C)=O)c2C)cc1. The summed E-state index contributed by atoms with van der Waals surface area (Å²) in [6.45, 7) is 10.6. The standard InChI is InChI=1S/C23H30N4O3/c1-5-27(6-2)15-19-12-10-18(11-13-19)14-24-22(29)23(30)26-21-9-7-8-20(16(21)3)25-17(4)28/h7-13H,5-6,14-15H2,1-4H3,(H,24,29)(H,25,28)(H,26,30). The van der Waals surface area contributed by atoms with Crippen LogP contribution in [0.4, 0.5) is 11.4 Å². The Morgan fingerprint density at radius 1 is 0.833 bits per heavy atom. The molecule has 7 heteroatoms. The summed E-state index contributed by atoms with van der Waals surface area (Å²) < 4.78 is 0. The van der Waals surface area contributed by atoms with Crippen LogP contribution in [0.2, 0.25) is 0 Å². The highest BCUT2D eigenvalue weighted by Crippen LogP contribution is 2.23. The van der Waals surface area contributed by atoms with Crippen LogP contribution in [-0.4, -0.2) is 35.7 Å². The first-order valence-electron chi connectivity index (χ1n) is 10.1. The summed E-state index contributed by atoms with van der Waals surface area (Å²) >= 11 is 0. The minimum Gasteiger partial charge on any atom is -0.344 e. The largest absolute Gasteiger partial charge is 0.344 e. The van der Waals surface area contributed by atoms with E-state index in [1.165, 1.54) is 12.5 Å². The lowest BCUT2D eigenvalue weighted by atomic mass is 10.1. The van der Waals surface area contributed by atoms with Crippen LogP contribution >= 0.6 is 0 Å². The lowest BCUT2D eigenvalue weighted by Crippen LogP contribution is -2.35. The molecule has 0 atom stereocenters. The van der Waals surface area contributed by atoms with Gasteiger partial charge in [-0.25, -0.2) is 0 Å². The molecule has 2 rings (SSSR count). The number of benzene rings is 2. The topological polar surface area (TPSA) is 90.5 Å². The fraction of sp³-hybridized carbons (Fsp3) is 0.348. The van der Waals surface area contributed by atoms with Crippen LogP contribution in [0, 0.1) is 6.92 Å². The molecule has 0 saturated carbocycles. The summed E-state index contributed by atoms with van der Waals surface area (Å²) in [4.78, 5) is 38.0. The van der Waals surface area contributed by atoms with Gasteiger partial charge in [-0.2, -0.15) is 0 Å². The minimum absolute atomic E-state index is 0.206. The molecule has 2 aromatic carbocycles. The van der Waals surface area contributed by atoms with E-state index in [1.807, 2.05) is 24.3 Å². The highest BCUT2D eigenvalue weighted by Gasteiger charge is 2.15. The Labute approximate surface area is 177 Å². The maximum absolute atomic E-state index is 12.2. The zero-order valence-corrected chi connectivity index (χ0v) is 18.0. The maximum atomic E-state index is 12.2. The van der Waals surface area contributed by atoms with Gasteiger partial charge in [0.25, 0.3) is 0 Å². The molecule has 3 N–H and O–H groups in total. The number of carbonyl (C=O) groups excluding carboxylic acids is 3. The van der Waals surface area contributed by atoms with Gasteiger partial charge in [-0.15, -0.1) is 0 Å².